The van der Waals surface area contributed by atoms with Gasteiger partial charge >= 0.3 is 0 Å². The van der Waals surface area contributed by atoms with E-state index in [9.17, 15) is 0 Å². The number of aryl methyl sites for hydroxylation is 1. The summed E-state index contributed by atoms with van der Waals surface area (Å²) in [7, 11) is 3.69. The van der Waals surface area contributed by atoms with Gasteiger partial charge in [0.25, 0.3) is 0 Å². The Morgan fingerprint density at radius 2 is 2.29 bits per heavy atom. The van der Waals surface area contributed by atoms with Gasteiger partial charge in [-0.3, -0.25) is 4.68 Å². The number of hydrogen-bond donors (Lipinski definition) is 1. The average molecular weight is 253 g/mol. The molecule has 90 valence electrons. The van der Waals surface area contributed by atoms with E-state index in [1.807, 2.05) is 20.2 Å². The van der Waals surface area contributed by atoms with Crippen molar-refractivity contribution in [3.63, 3.8) is 0 Å². The molecule has 1 N–H and O–H groups in total. The molecule has 0 saturated heterocycles. The molecule has 0 saturated carbocycles. The second-order valence-corrected chi connectivity index (χ2v) is 4.02. The van der Waals surface area contributed by atoms with Crippen LogP contribution in [0.4, 0.5) is 0 Å². The molecule has 0 atom stereocenters. The van der Waals surface area contributed by atoms with Gasteiger partial charge in [0.1, 0.15) is 5.02 Å². The molecule has 0 aliphatic carbocycles. The fourth-order valence-corrected chi connectivity index (χ4v) is 1.63. The van der Waals surface area contributed by atoms with Crippen molar-refractivity contribution in [1.29, 1.82) is 0 Å². The van der Waals surface area contributed by atoms with Gasteiger partial charge in [0.05, 0.1) is 12.4 Å². The predicted octanol–water partition coefficient (Wildman–Crippen LogP) is 1.98. The number of hydrogen-bond acceptors (Lipinski definition) is 4. The standard InChI is InChI=1S/C11H13ClN4O/c1-13-4-8-3-10(12)11(14-5-8)17-9-6-15-16(2)7-9/h3,5-7,13H,4H2,1-2H3. The lowest BCUT2D eigenvalue weighted by Gasteiger charge is -2.05. The van der Waals surface area contributed by atoms with Crippen molar-refractivity contribution in [3.05, 3.63) is 35.2 Å². The summed E-state index contributed by atoms with van der Waals surface area (Å²) >= 11 is 6.08. The largest absolute Gasteiger partial charge is 0.434 e. The van der Waals surface area contributed by atoms with E-state index in [0.717, 1.165) is 12.1 Å². The molecule has 5 nitrogen and oxygen atoms in total. The van der Waals surface area contributed by atoms with Gasteiger partial charge in [-0.05, 0) is 18.7 Å². The number of ether oxygens (including phenoxy) is 1. The van der Waals surface area contributed by atoms with E-state index in [1.54, 1.807) is 23.3 Å². The highest BCUT2D eigenvalue weighted by Gasteiger charge is 2.07. The van der Waals surface area contributed by atoms with Crippen LogP contribution in [0.15, 0.2) is 24.7 Å². The highest BCUT2D eigenvalue weighted by atomic mass is 35.5. The van der Waals surface area contributed by atoms with E-state index in [0.29, 0.717) is 16.7 Å². The Hall–Kier alpha value is -1.59. The Kier molecular flexibility index (Phi) is 3.61. The number of aromatic nitrogens is 3. The second-order valence-electron chi connectivity index (χ2n) is 3.61. The van der Waals surface area contributed by atoms with Gasteiger partial charge in [0.15, 0.2) is 5.75 Å². The molecular formula is C11H13ClN4O. The van der Waals surface area contributed by atoms with Crippen molar-refractivity contribution in [2.45, 2.75) is 6.54 Å². The molecule has 17 heavy (non-hydrogen) atoms. The summed E-state index contributed by atoms with van der Waals surface area (Å²) in [5.74, 6) is 1.00. The van der Waals surface area contributed by atoms with E-state index < -0.39 is 0 Å². The van der Waals surface area contributed by atoms with Crippen LogP contribution < -0.4 is 10.1 Å². The number of halogens is 1. The van der Waals surface area contributed by atoms with Crippen LogP contribution in [-0.2, 0) is 13.6 Å². The van der Waals surface area contributed by atoms with Crippen molar-refractivity contribution in [1.82, 2.24) is 20.1 Å². The van der Waals surface area contributed by atoms with Crippen LogP contribution in [0.1, 0.15) is 5.56 Å². The molecule has 2 rings (SSSR count). The van der Waals surface area contributed by atoms with Crippen molar-refractivity contribution in [2.75, 3.05) is 7.05 Å². The van der Waals surface area contributed by atoms with E-state index in [4.69, 9.17) is 16.3 Å². The lowest BCUT2D eigenvalue weighted by Crippen LogP contribution is -2.05. The maximum Gasteiger partial charge on any atom is 0.238 e. The predicted molar refractivity (Wildman–Crippen MR) is 65.3 cm³/mol. The molecule has 0 aliphatic rings. The Morgan fingerprint density at radius 3 is 2.88 bits per heavy atom. The molecule has 0 spiro atoms. The highest BCUT2D eigenvalue weighted by molar-refractivity contribution is 6.31. The van der Waals surface area contributed by atoms with E-state index in [2.05, 4.69) is 15.4 Å². The quantitative estimate of drug-likeness (QED) is 0.904. The van der Waals surface area contributed by atoms with Gasteiger partial charge in [-0.2, -0.15) is 5.10 Å². The van der Waals surface area contributed by atoms with Gasteiger partial charge in [0, 0.05) is 19.8 Å². The summed E-state index contributed by atoms with van der Waals surface area (Å²) < 4.78 is 7.17. The first-order chi connectivity index (χ1) is 8.19. The van der Waals surface area contributed by atoms with Crippen molar-refractivity contribution in [3.8, 4) is 11.6 Å². The summed E-state index contributed by atoms with van der Waals surface area (Å²) in [6, 6.07) is 1.83. The fraction of sp³-hybridized carbons (Fsp3) is 0.273. The molecule has 0 fully saturated rings. The SMILES string of the molecule is CNCc1cnc(Oc2cnn(C)c2)c(Cl)c1. The van der Waals surface area contributed by atoms with Crippen LogP contribution in [0.25, 0.3) is 0 Å². The normalized spacial score (nSPS) is 10.5. The van der Waals surface area contributed by atoms with Crippen molar-refractivity contribution >= 4 is 11.6 Å². The minimum Gasteiger partial charge on any atom is -0.434 e. The van der Waals surface area contributed by atoms with Crippen LogP contribution >= 0.6 is 11.6 Å². The van der Waals surface area contributed by atoms with Gasteiger partial charge < -0.3 is 10.1 Å². The third-order valence-corrected chi connectivity index (χ3v) is 2.41. The Morgan fingerprint density at radius 1 is 1.47 bits per heavy atom. The summed E-state index contributed by atoms with van der Waals surface area (Å²) in [4.78, 5) is 4.17. The number of rotatable bonds is 4. The zero-order valence-corrected chi connectivity index (χ0v) is 10.4. The molecular weight excluding hydrogens is 240 g/mol. The zero-order chi connectivity index (χ0) is 12.3. The minimum absolute atomic E-state index is 0.388. The zero-order valence-electron chi connectivity index (χ0n) is 9.64. The summed E-state index contributed by atoms with van der Waals surface area (Å²) in [5, 5.41) is 7.52. The molecule has 0 unspecified atom stereocenters. The lowest BCUT2D eigenvalue weighted by atomic mass is 10.3. The second kappa shape index (κ2) is 5.16. The monoisotopic (exact) mass is 252 g/mol. The van der Waals surface area contributed by atoms with Crippen LogP contribution in [0.3, 0.4) is 0 Å². The van der Waals surface area contributed by atoms with E-state index in [-0.39, 0.29) is 0 Å². The van der Waals surface area contributed by atoms with Gasteiger partial charge in [-0.25, -0.2) is 4.98 Å². The van der Waals surface area contributed by atoms with Crippen LogP contribution in [0.5, 0.6) is 11.6 Å². The molecule has 2 aromatic rings. The van der Waals surface area contributed by atoms with Crippen molar-refractivity contribution in [2.24, 2.45) is 7.05 Å². The molecule has 0 radical (unpaired) electrons. The number of pyridine rings is 1. The lowest BCUT2D eigenvalue weighted by molar-refractivity contribution is 0.462. The Labute approximate surface area is 104 Å². The summed E-state index contributed by atoms with van der Waals surface area (Å²) in [6.07, 6.45) is 5.09. The van der Waals surface area contributed by atoms with Crippen molar-refractivity contribution < 1.29 is 4.74 Å². The Bertz CT molecular complexity index is 512. The summed E-state index contributed by atoms with van der Waals surface area (Å²) in [5.41, 5.74) is 1.01. The average Bonchev–Trinajstić information content (AvgIpc) is 2.69. The van der Waals surface area contributed by atoms with Crippen LogP contribution in [0.2, 0.25) is 5.02 Å². The third kappa shape index (κ3) is 2.95. The number of nitrogens with one attached hydrogen (secondary N) is 1. The summed E-state index contributed by atoms with van der Waals surface area (Å²) in [6.45, 7) is 0.722. The van der Waals surface area contributed by atoms with Gasteiger partial charge in [0.2, 0.25) is 5.88 Å². The molecule has 0 bridgehead atoms. The van der Waals surface area contributed by atoms with E-state index in [1.165, 1.54) is 0 Å². The number of nitrogens with zero attached hydrogens (tertiary/aromatic N) is 3. The Balaban J connectivity index is 2.16. The minimum atomic E-state index is 0.388. The molecule has 2 aromatic heterocycles. The fourth-order valence-electron chi connectivity index (χ4n) is 1.40. The molecule has 6 heteroatoms. The van der Waals surface area contributed by atoms with Crippen LogP contribution in [-0.4, -0.2) is 21.8 Å². The third-order valence-electron chi connectivity index (χ3n) is 2.14. The maximum absolute atomic E-state index is 6.08. The topological polar surface area (TPSA) is 52.0 Å². The first-order valence-corrected chi connectivity index (χ1v) is 5.52. The molecule has 0 aromatic carbocycles. The molecule has 0 amide bonds. The smallest absolute Gasteiger partial charge is 0.238 e. The van der Waals surface area contributed by atoms with Crippen LogP contribution in [0, 0.1) is 0 Å². The maximum atomic E-state index is 6.08. The van der Waals surface area contributed by atoms with E-state index >= 15 is 0 Å². The van der Waals surface area contributed by atoms with Gasteiger partial charge in [-0.1, -0.05) is 11.6 Å². The van der Waals surface area contributed by atoms with Gasteiger partial charge in [-0.15, -0.1) is 0 Å². The first kappa shape index (κ1) is 11.9. The molecule has 0 aliphatic heterocycles. The highest BCUT2D eigenvalue weighted by Crippen LogP contribution is 2.27. The first-order valence-electron chi connectivity index (χ1n) is 5.14. The molecule has 2 heterocycles.